The molecule has 0 saturated heterocycles. The fourth-order valence-corrected chi connectivity index (χ4v) is 6.68. The molecule has 172 valence electrons. The van der Waals surface area contributed by atoms with Crippen molar-refractivity contribution in [2.45, 2.75) is 55.4 Å². The van der Waals surface area contributed by atoms with Gasteiger partial charge in [0.1, 0.15) is 12.5 Å². The number of alkyl halides is 1. The molecule has 0 aliphatic heterocycles. The van der Waals surface area contributed by atoms with E-state index < -0.39 is 16.2 Å². The number of fused-ring (bicyclic) bond motifs is 2. The first kappa shape index (κ1) is 23.6. The number of nitrogen functional groups attached to an aromatic ring is 1. The molecule has 0 bridgehead atoms. The Morgan fingerprint density at radius 3 is 2.97 bits per heavy atom. The van der Waals surface area contributed by atoms with Crippen LogP contribution in [0.1, 0.15) is 43.5 Å². The van der Waals surface area contributed by atoms with E-state index in [0.717, 1.165) is 32.4 Å². The van der Waals surface area contributed by atoms with Crippen LogP contribution in [0, 0.1) is 3.57 Å². The molecule has 1 atom stereocenters. The molecule has 1 unspecified atom stereocenters. The molecule has 12 heteroatoms. The molecule has 0 radical (unpaired) electrons. The zero-order valence-electron chi connectivity index (χ0n) is 17.5. The molecule has 2 aromatic heterocycles. The number of imidazole rings is 1. The monoisotopic (exact) mass is 590 g/mol. The van der Waals surface area contributed by atoms with Crippen molar-refractivity contribution in [1.29, 1.82) is 0 Å². The summed E-state index contributed by atoms with van der Waals surface area (Å²) in [4.78, 5) is 13.9. The van der Waals surface area contributed by atoms with Crippen LogP contribution in [0.4, 0.5) is 10.2 Å². The lowest BCUT2D eigenvalue weighted by Gasteiger charge is -2.11. The summed E-state index contributed by atoms with van der Waals surface area (Å²) in [5.74, 6) is 0.261. The third-order valence-electron chi connectivity index (χ3n) is 5.29. The molecule has 0 spiro atoms. The minimum absolute atomic E-state index is 0.00272. The molecule has 4 rings (SSSR count). The van der Waals surface area contributed by atoms with Crippen LogP contribution in [-0.2, 0) is 23.0 Å². The lowest BCUT2D eigenvalue weighted by Crippen LogP contribution is -2.27. The average molecular weight is 590 g/mol. The number of halogens is 2. The number of anilines is 1. The Balaban J connectivity index is 1.63. The molecule has 0 amide bonds. The maximum Gasteiger partial charge on any atom is 0.211 e. The Hall–Kier alpha value is -1.51. The number of nitrogens with zero attached hydrogens (tertiary/aromatic N) is 4. The first-order valence-electron chi connectivity index (χ1n) is 10.4. The third-order valence-corrected chi connectivity index (χ3v) is 9.07. The summed E-state index contributed by atoms with van der Waals surface area (Å²) >= 11 is 3.66. The topological polar surface area (TPSA) is 116 Å². The summed E-state index contributed by atoms with van der Waals surface area (Å²) in [5.41, 5.74) is 8.84. The number of hydrogen-bond donors (Lipinski definition) is 2. The van der Waals surface area contributed by atoms with E-state index in [1.165, 1.54) is 18.1 Å². The van der Waals surface area contributed by atoms with E-state index in [4.69, 9.17) is 5.73 Å². The quantitative estimate of drug-likeness (QED) is 0.364. The number of sulfonamides is 1. The smallest absolute Gasteiger partial charge is 0.211 e. The van der Waals surface area contributed by atoms with Crippen LogP contribution < -0.4 is 10.5 Å². The molecule has 3 N–H and O–H groups in total. The van der Waals surface area contributed by atoms with Crippen molar-refractivity contribution in [1.82, 2.24) is 24.2 Å². The summed E-state index contributed by atoms with van der Waals surface area (Å²) in [6.45, 7) is 2.74. The summed E-state index contributed by atoms with van der Waals surface area (Å²) in [5, 5.41) is 0.623. The molecule has 3 aromatic rings. The Bertz CT molecular complexity index is 1250. The van der Waals surface area contributed by atoms with Gasteiger partial charge in [-0.05, 0) is 71.5 Å². The van der Waals surface area contributed by atoms with Crippen LogP contribution in [-0.4, -0.2) is 40.2 Å². The van der Waals surface area contributed by atoms with Gasteiger partial charge in [-0.15, -0.1) is 0 Å². The number of hydrogen-bond acceptors (Lipinski definition) is 7. The standard InChI is InChI=1S/C20H24FIN6O2S2/c1-2-6-26-32(29,30)8-3-7-28-19-17(18(23)24-11-25-19)27-20(28)31-16-10-13-12(9-15(16)22)4-5-14(13)21/h9-11,14,26H,2-8H2,1H3,(H2,23,24,25). The molecule has 1 aromatic carbocycles. The second kappa shape index (κ2) is 9.77. The second-order valence-corrected chi connectivity index (χ2v) is 11.7. The van der Waals surface area contributed by atoms with E-state index in [1.807, 2.05) is 23.6 Å². The van der Waals surface area contributed by atoms with Gasteiger partial charge in [0.05, 0.1) is 5.75 Å². The van der Waals surface area contributed by atoms with Crippen molar-refractivity contribution in [3.8, 4) is 0 Å². The van der Waals surface area contributed by atoms with Gasteiger partial charge in [0.15, 0.2) is 22.1 Å². The third kappa shape index (κ3) is 5.02. The fraction of sp³-hybridized carbons (Fsp3) is 0.450. The predicted molar refractivity (Wildman–Crippen MR) is 132 cm³/mol. The van der Waals surface area contributed by atoms with Crippen molar-refractivity contribution in [2.24, 2.45) is 0 Å². The van der Waals surface area contributed by atoms with Crippen molar-refractivity contribution >= 4 is 61.4 Å². The van der Waals surface area contributed by atoms with Crippen LogP contribution in [0.3, 0.4) is 0 Å². The largest absolute Gasteiger partial charge is 0.382 e. The van der Waals surface area contributed by atoms with Crippen LogP contribution in [0.15, 0.2) is 28.5 Å². The van der Waals surface area contributed by atoms with Crippen molar-refractivity contribution < 1.29 is 12.8 Å². The van der Waals surface area contributed by atoms with Crippen LogP contribution >= 0.6 is 34.4 Å². The van der Waals surface area contributed by atoms with Gasteiger partial charge in [-0.25, -0.2) is 32.5 Å². The Morgan fingerprint density at radius 2 is 2.19 bits per heavy atom. The minimum Gasteiger partial charge on any atom is -0.382 e. The van der Waals surface area contributed by atoms with Crippen molar-refractivity contribution in [3.63, 3.8) is 0 Å². The van der Waals surface area contributed by atoms with E-state index in [1.54, 1.807) is 0 Å². The normalized spacial score (nSPS) is 16.0. The highest BCUT2D eigenvalue weighted by molar-refractivity contribution is 14.1. The van der Waals surface area contributed by atoms with Gasteiger partial charge in [0.2, 0.25) is 10.0 Å². The average Bonchev–Trinajstić information content (AvgIpc) is 3.28. The number of nitrogens with two attached hydrogens (primary N) is 1. The highest BCUT2D eigenvalue weighted by Crippen LogP contribution is 2.41. The van der Waals surface area contributed by atoms with Gasteiger partial charge in [-0.3, -0.25) is 0 Å². The van der Waals surface area contributed by atoms with Gasteiger partial charge in [-0.2, -0.15) is 0 Å². The van der Waals surface area contributed by atoms with E-state index in [9.17, 15) is 12.8 Å². The van der Waals surface area contributed by atoms with Crippen LogP contribution in [0.2, 0.25) is 0 Å². The summed E-state index contributed by atoms with van der Waals surface area (Å²) in [6.07, 6.45) is 2.82. The Morgan fingerprint density at radius 1 is 1.38 bits per heavy atom. The van der Waals surface area contributed by atoms with Gasteiger partial charge >= 0.3 is 0 Å². The first-order chi connectivity index (χ1) is 15.3. The van der Waals surface area contributed by atoms with Crippen LogP contribution in [0.25, 0.3) is 11.2 Å². The van der Waals surface area contributed by atoms with Crippen molar-refractivity contribution in [3.05, 3.63) is 33.2 Å². The Labute approximate surface area is 204 Å². The van der Waals surface area contributed by atoms with Gasteiger partial charge < -0.3 is 10.3 Å². The number of aromatic nitrogens is 4. The lowest BCUT2D eigenvalue weighted by atomic mass is 10.1. The predicted octanol–water partition coefficient (Wildman–Crippen LogP) is 3.84. The molecular weight excluding hydrogens is 566 g/mol. The second-order valence-electron chi connectivity index (χ2n) is 7.63. The number of aryl methyl sites for hydroxylation is 2. The maximum atomic E-state index is 14.3. The molecule has 1 aliphatic carbocycles. The van der Waals surface area contributed by atoms with Crippen molar-refractivity contribution in [2.75, 3.05) is 18.0 Å². The highest BCUT2D eigenvalue weighted by atomic mass is 127. The van der Waals surface area contributed by atoms with Gasteiger partial charge in [0, 0.05) is 21.6 Å². The molecule has 32 heavy (non-hydrogen) atoms. The maximum absolute atomic E-state index is 14.3. The van der Waals surface area contributed by atoms with Gasteiger partial charge in [-0.1, -0.05) is 18.7 Å². The molecule has 0 fully saturated rings. The van der Waals surface area contributed by atoms with Gasteiger partial charge in [0.25, 0.3) is 0 Å². The van der Waals surface area contributed by atoms with E-state index >= 15 is 0 Å². The number of nitrogens with one attached hydrogen (secondary N) is 1. The first-order valence-corrected chi connectivity index (χ1v) is 13.9. The molecule has 1 aliphatic rings. The minimum atomic E-state index is -3.34. The number of rotatable bonds is 9. The van der Waals surface area contributed by atoms with E-state index in [2.05, 4.69) is 42.3 Å². The SMILES string of the molecule is CCCNS(=O)(=O)CCCn1c(Sc2cc3c(cc2I)CCC3F)nc2c(N)ncnc21. The molecule has 0 saturated carbocycles. The molecule has 8 nitrogen and oxygen atoms in total. The molecule has 2 heterocycles. The highest BCUT2D eigenvalue weighted by Gasteiger charge is 2.25. The zero-order valence-corrected chi connectivity index (χ0v) is 21.3. The molecular formula is C20H24FIN6O2S2. The zero-order chi connectivity index (χ0) is 22.9. The summed E-state index contributed by atoms with van der Waals surface area (Å²) in [6, 6.07) is 3.93. The van der Waals surface area contributed by atoms with E-state index in [0.29, 0.717) is 42.3 Å². The van der Waals surface area contributed by atoms with Crippen LogP contribution in [0.5, 0.6) is 0 Å². The number of benzene rings is 1. The fourth-order valence-electron chi connectivity index (χ4n) is 3.69. The summed E-state index contributed by atoms with van der Waals surface area (Å²) in [7, 11) is -3.34. The van der Waals surface area contributed by atoms with E-state index in [-0.39, 0.29) is 11.6 Å². The Kier molecular flexibility index (Phi) is 7.22. The summed E-state index contributed by atoms with van der Waals surface area (Å²) < 4.78 is 44.1. The lowest BCUT2D eigenvalue weighted by molar-refractivity contribution is 0.343.